The lowest BCUT2D eigenvalue weighted by Crippen LogP contribution is -2.26. The van der Waals surface area contributed by atoms with E-state index in [1.165, 1.54) is 275 Å². The summed E-state index contributed by atoms with van der Waals surface area (Å²) in [6.45, 7) is 2.01. The molecule has 2 aliphatic carbocycles. The lowest BCUT2D eigenvalue weighted by molar-refractivity contribution is 0.380. The van der Waals surface area contributed by atoms with E-state index < -0.39 is 0 Å². The molecule has 0 aliphatic heterocycles. The van der Waals surface area contributed by atoms with E-state index in [0.717, 1.165) is 103 Å². The first-order valence-corrected chi connectivity index (χ1v) is 49.6. The van der Waals surface area contributed by atoms with Crippen LogP contribution in [0.5, 0.6) is 0 Å². The monoisotopic (exact) mass is 1710 g/mol. The Hall–Kier alpha value is -15.0. The van der Waals surface area contributed by atoms with Gasteiger partial charge >= 0.3 is 0 Å². The Balaban J connectivity index is 0.569. The van der Waals surface area contributed by atoms with Gasteiger partial charge in [-0.15, -0.1) is 0 Å². The highest BCUT2D eigenvalue weighted by atomic mass is 15.0. The lowest BCUT2D eigenvalue weighted by Gasteiger charge is -2.34. The van der Waals surface area contributed by atoms with E-state index in [0.29, 0.717) is 0 Å². The van der Waals surface area contributed by atoms with Gasteiger partial charge in [0.25, 0.3) is 0 Å². The van der Waals surface area contributed by atoms with Crippen molar-refractivity contribution in [3.8, 4) is 66.8 Å². The maximum Gasteiger partial charge on any atom is 0.0491 e. The summed E-state index contributed by atoms with van der Waals surface area (Å²) < 4.78 is 5.22. The molecule has 0 radical (unpaired) electrons. The molecular weight excluding hydrogens is 1610 g/mol. The van der Waals surface area contributed by atoms with Gasteiger partial charge in [-0.1, -0.05) is 404 Å². The van der Waals surface area contributed by atoms with Gasteiger partial charge in [-0.25, -0.2) is 0 Å². The number of para-hydroxylation sites is 4. The van der Waals surface area contributed by atoms with E-state index in [9.17, 15) is 0 Å². The summed E-state index contributed by atoms with van der Waals surface area (Å²) in [6.07, 6.45) is 18.0. The normalized spacial score (nSPS) is 13.6. The number of hydrogen-bond donors (Lipinski definition) is 0. The first-order valence-electron chi connectivity index (χ1n) is 49.6. The van der Waals surface area contributed by atoms with Crippen molar-refractivity contribution in [1.29, 1.82) is 0 Å². The molecule has 2 aromatic heterocycles. The molecule has 2 nitrogen and oxygen atoms in total. The van der Waals surface area contributed by atoms with Crippen molar-refractivity contribution < 1.29 is 0 Å². The predicted molar refractivity (Wildman–Crippen MR) is 575 cm³/mol. The topological polar surface area (TPSA) is 9.86 Å². The number of nitrogens with zero attached hydrogens (tertiary/aromatic N) is 2. The van der Waals surface area contributed by atoms with Crippen LogP contribution in [0.2, 0.25) is 0 Å². The third-order valence-corrected chi connectivity index (χ3v) is 32.9. The van der Waals surface area contributed by atoms with Crippen molar-refractivity contribution >= 4 is 173 Å². The highest BCUT2D eigenvalue weighted by Crippen LogP contribution is 2.60. The van der Waals surface area contributed by atoms with Gasteiger partial charge in [0, 0.05) is 67.5 Å². The molecule has 0 amide bonds. The van der Waals surface area contributed by atoms with E-state index in [1.54, 1.807) is 0 Å². The van der Waals surface area contributed by atoms with Crippen molar-refractivity contribution in [2.45, 2.75) is 127 Å². The Bertz CT molecular complexity index is 8140. The summed E-state index contributed by atoms with van der Waals surface area (Å²) >= 11 is 0. The van der Waals surface area contributed by atoms with Gasteiger partial charge in [0.05, 0.1) is 0 Å². The Morgan fingerprint density at radius 2 is 0.351 bits per heavy atom. The van der Waals surface area contributed by atoms with Gasteiger partial charge in [-0.05, 0) is 305 Å². The Morgan fingerprint density at radius 1 is 0.149 bits per heavy atom. The van der Waals surface area contributed by atoms with Crippen molar-refractivity contribution in [3.05, 3.63) is 411 Å². The maximum absolute atomic E-state index is 2.72. The van der Waals surface area contributed by atoms with Crippen LogP contribution in [0.25, 0.3) is 240 Å². The molecule has 0 saturated heterocycles. The molecule has 0 atom stereocenters. The Morgan fingerprint density at radius 3 is 0.597 bits per heavy atom. The molecule has 638 valence electrons. The van der Waals surface area contributed by atoms with Gasteiger partial charge in [0.15, 0.2) is 0 Å². The molecular formula is C132H100N2. The fraction of sp³-hybridized carbons (Fsp3) is 0.152. The molecule has 0 N–H and O–H groups in total. The van der Waals surface area contributed by atoms with E-state index in [4.69, 9.17) is 0 Å². The number of benzene rings is 24. The second kappa shape index (κ2) is 30.8. The molecule has 2 aliphatic rings. The minimum atomic E-state index is -0.272. The molecule has 0 fully saturated rings. The van der Waals surface area contributed by atoms with E-state index in [-0.39, 0.29) is 10.8 Å². The minimum Gasteiger partial charge on any atom is -0.340 e. The summed E-state index contributed by atoms with van der Waals surface area (Å²) in [5, 5.41) is 37.4. The van der Waals surface area contributed by atoms with Gasteiger partial charge < -0.3 is 9.13 Å². The van der Waals surface area contributed by atoms with Crippen molar-refractivity contribution in [3.63, 3.8) is 0 Å². The smallest absolute Gasteiger partial charge is 0.0491 e. The predicted octanol–water partition coefficient (Wildman–Crippen LogP) is 37.0. The number of unbranched alkanes of at least 4 members (excludes halogenated alkanes) is 9. The number of aryl methyl sites for hydroxylation is 2. The minimum absolute atomic E-state index is 0.272. The highest BCUT2D eigenvalue weighted by molar-refractivity contribution is 6.30. The summed E-state index contributed by atoms with van der Waals surface area (Å²) in [4.78, 5) is 0. The van der Waals surface area contributed by atoms with E-state index >= 15 is 0 Å². The van der Waals surface area contributed by atoms with Gasteiger partial charge in [0.1, 0.15) is 0 Å². The van der Waals surface area contributed by atoms with Crippen LogP contribution in [0, 0.1) is 0 Å². The van der Waals surface area contributed by atoms with Crippen molar-refractivity contribution in [2.24, 2.45) is 0 Å². The van der Waals surface area contributed by atoms with Crippen LogP contribution in [0.3, 0.4) is 0 Å². The standard InChI is InChI=1S/C132H100N2/c1(15-73-131(75-17-3-5-19-77-133-119-37-11-7-33-107(119)108-34-8-12-38-120(108)133)115-79-95(99-61-49-91-45-41-83-25-21-29-87-53-69-111(99)127(91)123(83)87)57-65-103(115)104-66-58-96(80-116(104)131)100-62-50-92-46-42-84-26-22-30-88-54-70-112(100)128(92)124(84)88)2-16-74-132(76-18-4-6-20-78-134-121-39-13-9-35-109(121)110-36-10-14-40-122(110)134)117-81-97(101-63-51-93-47-43-85-27-23-31-89-55-71-113(101)129(93)125(85)89)59-67-105(117)106-68-60-98(82-118(106)132)102-64-52-94-48-44-86-28-24-32-90-56-72-114(102)130(94)126(86)90/h7-14,21-72,79-82H,1-6,15-20,73-78H2. The number of rotatable bonds is 25. The third-order valence-electron chi connectivity index (χ3n) is 32.9. The molecule has 2 heteroatoms. The molecule has 24 aromatic carbocycles. The number of hydrogen-bond acceptors (Lipinski definition) is 0. The number of aromatic nitrogens is 2. The van der Waals surface area contributed by atoms with Crippen LogP contribution in [0.4, 0.5) is 0 Å². The average Bonchev–Trinajstić information content (AvgIpc) is 1.53. The molecule has 28 rings (SSSR count). The van der Waals surface area contributed by atoms with Crippen LogP contribution >= 0.6 is 0 Å². The fourth-order valence-electron chi connectivity index (χ4n) is 26.7. The molecule has 0 bridgehead atoms. The Labute approximate surface area is 780 Å². The van der Waals surface area contributed by atoms with E-state index in [2.05, 4.69) is 397 Å². The van der Waals surface area contributed by atoms with Gasteiger partial charge in [-0.3, -0.25) is 0 Å². The summed E-state index contributed by atoms with van der Waals surface area (Å²) in [5.41, 5.74) is 27.0. The summed E-state index contributed by atoms with van der Waals surface area (Å²) in [5.74, 6) is 0. The number of fused-ring (bicyclic) bond motifs is 12. The van der Waals surface area contributed by atoms with Crippen LogP contribution in [-0.4, -0.2) is 9.13 Å². The first kappa shape index (κ1) is 77.8. The SMILES string of the molecule is c1cc2ccc3ccc(-c4ccc5c(c4)C(CCCCCCn4c6ccccc6c6ccccc64)(CCCCCCC4(CCCCCCn6c7ccccc7c7ccccc76)c6cc(-c7ccc8ccc9cccc%10ccc7c8c9%10)ccc6-c6ccc(-c7ccc8ccc9cccc%10ccc7c8c9%10)cc64)c4cc(-c6ccc7ccc8cccc9ccc6c7c89)ccc4-5)c4ccc(c1)c2c34. The molecule has 2 heterocycles. The largest absolute Gasteiger partial charge is 0.340 e. The van der Waals surface area contributed by atoms with E-state index in [1.807, 2.05) is 0 Å². The summed E-state index contributed by atoms with van der Waals surface area (Å²) in [7, 11) is 0. The van der Waals surface area contributed by atoms with Crippen LogP contribution in [0.1, 0.15) is 125 Å². The maximum atomic E-state index is 2.72. The molecule has 134 heavy (non-hydrogen) atoms. The zero-order valence-corrected chi connectivity index (χ0v) is 75.6. The molecule has 0 saturated carbocycles. The van der Waals surface area contributed by atoms with Crippen molar-refractivity contribution in [2.75, 3.05) is 0 Å². The lowest BCUT2D eigenvalue weighted by atomic mass is 9.69. The zero-order chi connectivity index (χ0) is 87.9. The highest BCUT2D eigenvalue weighted by Gasteiger charge is 2.45. The van der Waals surface area contributed by atoms with Crippen LogP contribution in [0.15, 0.2) is 388 Å². The molecule has 26 aromatic rings. The fourth-order valence-corrected chi connectivity index (χ4v) is 26.7. The first-order chi connectivity index (χ1) is 66.4. The third kappa shape index (κ3) is 11.9. The van der Waals surface area contributed by atoms with Crippen molar-refractivity contribution in [1.82, 2.24) is 9.13 Å². The second-order valence-electron chi connectivity index (χ2n) is 39.7. The Kier molecular flexibility index (Phi) is 17.9. The zero-order valence-electron chi connectivity index (χ0n) is 75.6. The molecule has 0 spiro atoms. The van der Waals surface area contributed by atoms with Crippen LogP contribution < -0.4 is 0 Å². The second-order valence-corrected chi connectivity index (χ2v) is 39.7. The van der Waals surface area contributed by atoms with Crippen LogP contribution in [-0.2, 0) is 23.9 Å². The average molecular weight is 1710 g/mol. The quantitative estimate of drug-likeness (QED) is 0.0399. The molecule has 0 unspecified atom stereocenters. The summed E-state index contributed by atoms with van der Waals surface area (Å²) in [6, 6.07) is 152. The van der Waals surface area contributed by atoms with Gasteiger partial charge in [-0.2, -0.15) is 0 Å². The van der Waals surface area contributed by atoms with Gasteiger partial charge in [0.2, 0.25) is 0 Å².